The topological polar surface area (TPSA) is 80.0 Å². The first-order chi connectivity index (χ1) is 14.0. The molecule has 1 aromatic carbocycles. The van der Waals surface area contributed by atoms with E-state index in [-0.39, 0.29) is 0 Å². The van der Waals surface area contributed by atoms with Crippen LogP contribution in [0.2, 0.25) is 5.02 Å². The highest BCUT2D eigenvalue weighted by molar-refractivity contribution is 6.33. The van der Waals surface area contributed by atoms with Crippen LogP contribution in [0.3, 0.4) is 0 Å². The second-order valence-electron chi connectivity index (χ2n) is 7.28. The summed E-state index contributed by atoms with van der Waals surface area (Å²) in [5, 5.41) is 11.6. The average Bonchev–Trinajstić information content (AvgIpc) is 3.31. The van der Waals surface area contributed by atoms with E-state index in [1.54, 1.807) is 24.7 Å². The number of halogens is 1. The second-order valence-corrected chi connectivity index (χ2v) is 7.69. The Morgan fingerprint density at radius 1 is 1.10 bits per heavy atom. The molecule has 1 atom stereocenters. The lowest BCUT2D eigenvalue weighted by molar-refractivity contribution is 0.0510. The predicted octanol–water partition coefficient (Wildman–Crippen LogP) is 3.18. The molecule has 146 valence electrons. The van der Waals surface area contributed by atoms with Crippen molar-refractivity contribution in [3.8, 4) is 11.4 Å². The summed E-state index contributed by atoms with van der Waals surface area (Å²) in [6, 6.07) is 11.6. The summed E-state index contributed by atoms with van der Waals surface area (Å²) >= 11 is 6.49. The summed E-state index contributed by atoms with van der Waals surface area (Å²) in [5.41, 5.74) is 1.66. The zero-order valence-electron chi connectivity index (χ0n) is 15.8. The molecule has 8 heteroatoms. The highest BCUT2D eigenvalue weighted by atomic mass is 35.5. The predicted molar refractivity (Wildman–Crippen MR) is 112 cm³/mol. The fourth-order valence-corrected chi connectivity index (χ4v) is 4.06. The Balaban J connectivity index is 1.51. The van der Waals surface area contributed by atoms with Crippen LogP contribution in [0.1, 0.15) is 12.2 Å². The van der Waals surface area contributed by atoms with Gasteiger partial charge in [-0.3, -0.25) is 0 Å². The largest absolute Gasteiger partial charge is 0.380 e. The number of aromatic nitrogens is 5. The van der Waals surface area contributed by atoms with Gasteiger partial charge in [-0.1, -0.05) is 23.7 Å². The number of para-hydroxylation sites is 2. The van der Waals surface area contributed by atoms with Crippen molar-refractivity contribution in [2.45, 2.75) is 12.0 Å². The number of imidazole rings is 1. The van der Waals surface area contributed by atoms with E-state index in [2.05, 4.69) is 15.0 Å². The van der Waals surface area contributed by atoms with Crippen molar-refractivity contribution >= 4 is 28.5 Å². The molecule has 1 aliphatic rings. The van der Waals surface area contributed by atoms with Crippen LogP contribution in [-0.2, 0) is 12.6 Å². The van der Waals surface area contributed by atoms with E-state index >= 15 is 0 Å². The van der Waals surface area contributed by atoms with Gasteiger partial charge in [-0.2, -0.15) is 0 Å². The lowest BCUT2D eigenvalue weighted by Gasteiger charge is -2.22. The first-order valence-corrected chi connectivity index (χ1v) is 9.75. The van der Waals surface area contributed by atoms with Crippen molar-refractivity contribution in [2.75, 3.05) is 18.0 Å². The summed E-state index contributed by atoms with van der Waals surface area (Å²) < 4.78 is 2.03. The minimum Gasteiger partial charge on any atom is -0.380 e. The van der Waals surface area contributed by atoms with E-state index in [0.29, 0.717) is 30.4 Å². The van der Waals surface area contributed by atoms with Gasteiger partial charge in [0.1, 0.15) is 17.2 Å². The number of nitrogens with zero attached hydrogens (tertiary/aromatic N) is 6. The Bertz CT molecular complexity index is 1190. The molecule has 29 heavy (non-hydrogen) atoms. The Morgan fingerprint density at radius 2 is 1.90 bits per heavy atom. The molecule has 4 aromatic rings. The zero-order chi connectivity index (χ0) is 20.0. The summed E-state index contributed by atoms with van der Waals surface area (Å²) in [6.45, 7) is 1.01. The number of β-amino-alcohol motifs (C(OH)–C–C–N with tert-alkyl or cyclic N) is 1. The molecule has 0 amide bonds. The Kier molecular flexibility index (Phi) is 4.22. The van der Waals surface area contributed by atoms with Crippen LogP contribution in [0.25, 0.3) is 22.4 Å². The fourth-order valence-electron chi connectivity index (χ4n) is 3.87. The molecule has 0 spiro atoms. The number of aryl methyl sites for hydroxylation is 1. The highest BCUT2D eigenvalue weighted by Crippen LogP contribution is 2.35. The van der Waals surface area contributed by atoms with Crippen molar-refractivity contribution in [3.63, 3.8) is 0 Å². The van der Waals surface area contributed by atoms with Gasteiger partial charge in [0, 0.05) is 44.2 Å². The number of rotatable bonds is 3. The molecule has 1 unspecified atom stereocenters. The third kappa shape index (κ3) is 3.03. The first-order valence-electron chi connectivity index (χ1n) is 9.37. The van der Waals surface area contributed by atoms with Gasteiger partial charge in [-0.25, -0.2) is 19.9 Å². The van der Waals surface area contributed by atoms with E-state index in [0.717, 1.165) is 28.2 Å². The molecule has 3 aromatic heterocycles. The highest BCUT2D eigenvalue weighted by Gasteiger charge is 2.40. The summed E-state index contributed by atoms with van der Waals surface area (Å²) in [7, 11) is 1.97. The zero-order valence-corrected chi connectivity index (χ0v) is 16.6. The molecule has 0 bridgehead atoms. The van der Waals surface area contributed by atoms with Crippen molar-refractivity contribution < 1.29 is 5.11 Å². The molecule has 1 aliphatic heterocycles. The minimum absolute atomic E-state index is 0.369. The van der Waals surface area contributed by atoms with Gasteiger partial charge in [0.05, 0.1) is 22.6 Å². The molecule has 5 rings (SSSR count). The van der Waals surface area contributed by atoms with E-state index in [1.165, 1.54) is 0 Å². The van der Waals surface area contributed by atoms with Crippen LogP contribution in [0.15, 0.2) is 55.0 Å². The number of benzene rings is 1. The number of anilines is 1. The molecule has 1 fully saturated rings. The van der Waals surface area contributed by atoms with E-state index in [4.69, 9.17) is 16.6 Å². The van der Waals surface area contributed by atoms with Gasteiger partial charge in [-0.05, 0) is 24.3 Å². The van der Waals surface area contributed by atoms with Crippen molar-refractivity contribution in [1.29, 1.82) is 0 Å². The monoisotopic (exact) mass is 406 g/mol. The van der Waals surface area contributed by atoms with Gasteiger partial charge >= 0.3 is 0 Å². The molecule has 7 nitrogen and oxygen atoms in total. The lowest BCUT2D eigenvalue weighted by Crippen LogP contribution is -2.32. The maximum absolute atomic E-state index is 11.0. The normalized spacial score (nSPS) is 19.2. The third-order valence-corrected chi connectivity index (χ3v) is 5.72. The number of aliphatic hydroxyl groups is 1. The Labute approximate surface area is 172 Å². The molecule has 1 saturated heterocycles. The van der Waals surface area contributed by atoms with Crippen molar-refractivity contribution in [3.05, 3.63) is 65.8 Å². The third-order valence-electron chi connectivity index (χ3n) is 5.42. The molecular weight excluding hydrogens is 388 g/mol. The van der Waals surface area contributed by atoms with Gasteiger partial charge in [-0.15, -0.1) is 0 Å². The van der Waals surface area contributed by atoms with E-state index in [9.17, 15) is 5.11 Å². The van der Waals surface area contributed by atoms with Gasteiger partial charge < -0.3 is 14.6 Å². The van der Waals surface area contributed by atoms with Gasteiger partial charge in [0.15, 0.2) is 5.82 Å². The van der Waals surface area contributed by atoms with Crippen LogP contribution in [0.5, 0.6) is 0 Å². The number of hydrogen-bond acceptors (Lipinski definition) is 6. The molecular formula is C21H19ClN6O. The maximum atomic E-state index is 11.0. The standard InChI is InChI=1S/C21H19ClN6O/c1-27-17-6-3-2-5-16(17)26-19(27)14-11-18(25-12-15(14)22)28-10-7-21(29,13-28)20-23-8-4-9-24-20/h2-6,8-9,11-12,29H,7,10,13H2,1H3. The minimum atomic E-state index is -1.10. The molecule has 0 radical (unpaired) electrons. The van der Waals surface area contributed by atoms with Gasteiger partial charge in [0.2, 0.25) is 0 Å². The molecule has 0 saturated carbocycles. The quantitative estimate of drug-likeness (QED) is 0.563. The van der Waals surface area contributed by atoms with Crippen molar-refractivity contribution in [2.24, 2.45) is 7.05 Å². The Morgan fingerprint density at radius 3 is 2.69 bits per heavy atom. The summed E-state index contributed by atoms with van der Waals surface area (Å²) in [6.07, 6.45) is 5.46. The molecule has 4 heterocycles. The van der Waals surface area contributed by atoms with Gasteiger partial charge in [0.25, 0.3) is 0 Å². The van der Waals surface area contributed by atoms with Crippen LogP contribution in [-0.4, -0.2) is 42.7 Å². The van der Waals surface area contributed by atoms with E-state index in [1.807, 2.05) is 46.8 Å². The van der Waals surface area contributed by atoms with Crippen LogP contribution >= 0.6 is 11.6 Å². The fraction of sp³-hybridized carbons (Fsp3) is 0.238. The number of hydrogen-bond donors (Lipinski definition) is 1. The lowest BCUT2D eigenvalue weighted by atomic mass is 10.0. The van der Waals surface area contributed by atoms with Crippen molar-refractivity contribution in [1.82, 2.24) is 24.5 Å². The maximum Gasteiger partial charge on any atom is 0.161 e. The Hall–Kier alpha value is -3.03. The number of fused-ring (bicyclic) bond motifs is 1. The SMILES string of the molecule is Cn1c(-c2cc(N3CCC(O)(c4ncccn4)C3)ncc2Cl)nc2ccccc21. The smallest absolute Gasteiger partial charge is 0.161 e. The molecule has 1 N–H and O–H groups in total. The van der Waals surface area contributed by atoms with Crippen LogP contribution in [0.4, 0.5) is 5.82 Å². The molecule has 0 aliphatic carbocycles. The average molecular weight is 407 g/mol. The van der Waals surface area contributed by atoms with Crippen LogP contribution in [0, 0.1) is 0 Å². The van der Waals surface area contributed by atoms with E-state index < -0.39 is 5.60 Å². The number of pyridine rings is 1. The summed E-state index contributed by atoms with van der Waals surface area (Å²) in [5.74, 6) is 1.95. The summed E-state index contributed by atoms with van der Waals surface area (Å²) in [4.78, 5) is 19.7. The first kappa shape index (κ1) is 18.0. The van der Waals surface area contributed by atoms with Crippen LogP contribution < -0.4 is 4.90 Å². The second kappa shape index (κ2) is 6.79.